The molecular weight excluding hydrogens is 228 g/mol. The molecule has 0 radical (unpaired) electrons. The van der Waals surface area contributed by atoms with E-state index in [0.29, 0.717) is 6.61 Å². The fourth-order valence-electron chi connectivity index (χ4n) is 3.36. The standard InChI is InChI=1S/C14H24N2O2/c17-14(11-3-1-4-11)18-6-2-5-16-9-12-7-15-8-13(12)10-16/h11-13,15H,1-10H2/t12-,13+. The summed E-state index contributed by atoms with van der Waals surface area (Å²) in [5.74, 6) is 2.00. The summed E-state index contributed by atoms with van der Waals surface area (Å²) < 4.78 is 5.32. The summed E-state index contributed by atoms with van der Waals surface area (Å²) in [5.41, 5.74) is 0. The van der Waals surface area contributed by atoms with E-state index in [9.17, 15) is 4.79 Å². The Morgan fingerprint density at radius 3 is 2.56 bits per heavy atom. The highest BCUT2D eigenvalue weighted by Gasteiger charge is 2.35. The monoisotopic (exact) mass is 252 g/mol. The second-order valence-electron chi connectivity index (χ2n) is 6.09. The van der Waals surface area contributed by atoms with Gasteiger partial charge in [0.2, 0.25) is 0 Å². The summed E-state index contributed by atoms with van der Waals surface area (Å²) >= 11 is 0. The number of rotatable bonds is 5. The third-order valence-corrected chi connectivity index (χ3v) is 4.77. The Labute approximate surface area is 109 Å². The quantitative estimate of drug-likeness (QED) is 0.582. The number of nitrogens with zero attached hydrogens (tertiary/aromatic N) is 1. The molecule has 2 aliphatic heterocycles. The van der Waals surface area contributed by atoms with Gasteiger partial charge >= 0.3 is 5.97 Å². The van der Waals surface area contributed by atoms with E-state index in [0.717, 1.165) is 37.6 Å². The molecule has 102 valence electrons. The van der Waals surface area contributed by atoms with E-state index >= 15 is 0 Å². The molecule has 3 aliphatic rings. The molecule has 0 aromatic rings. The van der Waals surface area contributed by atoms with Crippen molar-refractivity contribution in [1.29, 1.82) is 0 Å². The molecule has 3 fully saturated rings. The van der Waals surface area contributed by atoms with Crippen LogP contribution in [0.25, 0.3) is 0 Å². The topological polar surface area (TPSA) is 41.6 Å². The van der Waals surface area contributed by atoms with Crippen molar-refractivity contribution in [3.05, 3.63) is 0 Å². The largest absolute Gasteiger partial charge is 0.465 e. The van der Waals surface area contributed by atoms with Gasteiger partial charge in [0.1, 0.15) is 0 Å². The van der Waals surface area contributed by atoms with Gasteiger partial charge in [-0.2, -0.15) is 0 Å². The molecule has 0 unspecified atom stereocenters. The fourth-order valence-corrected chi connectivity index (χ4v) is 3.36. The van der Waals surface area contributed by atoms with Gasteiger partial charge < -0.3 is 15.0 Å². The lowest BCUT2D eigenvalue weighted by atomic mass is 9.86. The maximum absolute atomic E-state index is 11.5. The zero-order valence-electron chi connectivity index (χ0n) is 11.1. The van der Waals surface area contributed by atoms with Gasteiger partial charge in [-0.1, -0.05) is 6.42 Å². The summed E-state index contributed by atoms with van der Waals surface area (Å²) in [6.07, 6.45) is 4.28. The van der Waals surface area contributed by atoms with Gasteiger partial charge in [-0.3, -0.25) is 4.79 Å². The summed E-state index contributed by atoms with van der Waals surface area (Å²) in [7, 11) is 0. The zero-order valence-corrected chi connectivity index (χ0v) is 11.1. The Balaban J connectivity index is 1.27. The first-order valence-electron chi connectivity index (χ1n) is 7.42. The highest BCUT2D eigenvalue weighted by Crippen LogP contribution is 2.28. The number of ether oxygens (including phenoxy) is 1. The lowest BCUT2D eigenvalue weighted by molar-refractivity contribution is -0.151. The van der Waals surface area contributed by atoms with Crippen LogP contribution in [0.2, 0.25) is 0 Å². The van der Waals surface area contributed by atoms with E-state index in [-0.39, 0.29) is 11.9 Å². The highest BCUT2D eigenvalue weighted by atomic mass is 16.5. The van der Waals surface area contributed by atoms with Crippen LogP contribution in [-0.4, -0.2) is 50.2 Å². The van der Waals surface area contributed by atoms with Crippen LogP contribution in [0.4, 0.5) is 0 Å². The van der Waals surface area contributed by atoms with Gasteiger partial charge in [0.25, 0.3) is 0 Å². The average Bonchev–Trinajstić information content (AvgIpc) is 2.81. The fraction of sp³-hybridized carbons (Fsp3) is 0.929. The van der Waals surface area contributed by atoms with Gasteiger partial charge in [-0.25, -0.2) is 0 Å². The number of likely N-dealkylation sites (tertiary alicyclic amines) is 1. The highest BCUT2D eigenvalue weighted by molar-refractivity contribution is 5.73. The molecule has 0 aromatic heterocycles. The Kier molecular flexibility index (Phi) is 3.85. The Morgan fingerprint density at radius 1 is 1.22 bits per heavy atom. The number of hydrogen-bond acceptors (Lipinski definition) is 4. The number of nitrogens with one attached hydrogen (secondary N) is 1. The predicted molar refractivity (Wildman–Crippen MR) is 69.2 cm³/mol. The molecule has 2 atom stereocenters. The molecule has 1 aliphatic carbocycles. The van der Waals surface area contributed by atoms with Crippen molar-refractivity contribution in [3.63, 3.8) is 0 Å². The number of hydrogen-bond donors (Lipinski definition) is 1. The van der Waals surface area contributed by atoms with E-state index in [2.05, 4.69) is 10.2 Å². The first-order valence-corrected chi connectivity index (χ1v) is 7.42. The van der Waals surface area contributed by atoms with Crippen LogP contribution in [0.15, 0.2) is 0 Å². The Morgan fingerprint density at radius 2 is 1.94 bits per heavy atom. The maximum Gasteiger partial charge on any atom is 0.308 e. The van der Waals surface area contributed by atoms with Crippen molar-refractivity contribution in [2.45, 2.75) is 25.7 Å². The second-order valence-corrected chi connectivity index (χ2v) is 6.09. The van der Waals surface area contributed by atoms with Crippen LogP contribution in [-0.2, 0) is 9.53 Å². The Hall–Kier alpha value is -0.610. The van der Waals surface area contributed by atoms with Gasteiger partial charge in [0.15, 0.2) is 0 Å². The van der Waals surface area contributed by atoms with Gasteiger partial charge in [-0.15, -0.1) is 0 Å². The number of esters is 1. The van der Waals surface area contributed by atoms with Crippen LogP contribution in [0.5, 0.6) is 0 Å². The molecule has 0 aromatic carbocycles. The van der Waals surface area contributed by atoms with Crippen molar-refractivity contribution in [3.8, 4) is 0 Å². The number of carbonyl (C=O) groups is 1. The molecule has 1 saturated carbocycles. The van der Waals surface area contributed by atoms with Crippen molar-refractivity contribution >= 4 is 5.97 Å². The number of fused-ring (bicyclic) bond motifs is 1. The summed E-state index contributed by atoms with van der Waals surface area (Å²) in [6.45, 7) is 6.54. The van der Waals surface area contributed by atoms with Gasteiger partial charge in [-0.05, 0) is 44.2 Å². The van der Waals surface area contributed by atoms with Crippen LogP contribution < -0.4 is 5.32 Å². The molecule has 18 heavy (non-hydrogen) atoms. The Bertz CT molecular complexity index is 292. The normalized spacial score (nSPS) is 32.2. The molecule has 1 N–H and O–H groups in total. The first-order chi connectivity index (χ1) is 8.83. The van der Waals surface area contributed by atoms with E-state index < -0.39 is 0 Å². The van der Waals surface area contributed by atoms with Crippen LogP contribution in [0.3, 0.4) is 0 Å². The molecule has 0 bridgehead atoms. The minimum Gasteiger partial charge on any atom is -0.465 e. The third-order valence-electron chi connectivity index (χ3n) is 4.77. The van der Waals surface area contributed by atoms with Gasteiger partial charge in [0, 0.05) is 19.6 Å². The lowest BCUT2D eigenvalue weighted by Gasteiger charge is -2.23. The molecule has 2 heterocycles. The summed E-state index contributed by atoms with van der Waals surface area (Å²) in [5, 5.41) is 3.46. The third kappa shape index (κ3) is 2.69. The van der Waals surface area contributed by atoms with E-state index in [1.54, 1.807) is 0 Å². The van der Waals surface area contributed by atoms with Crippen molar-refractivity contribution < 1.29 is 9.53 Å². The smallest absolute Gasteiger partial charge is 0.308 e. The SMILES string of the molecule is O=C(OCCCN1C[C@H]2CNC[C@H]2C1)C1CCC1. The molecular formula is C14H24N2O2. The van der Waals surface area contributed by atoms with Crippen LogP contribution >= 0.6 is 0 Å². The van der Waals surface area contributed by atoms with Crippen molar-refractivity contribution in [1.82, 2.24) is 10.2 Å². The lowest BCUT2D eigenvalue weighted by Crippen LogP contribution is -2.28. The molecule has 2 saturated heterocycles. The minimum atomic E-state index is 0.0451. The zero-order chi connectivity index (χ0) is 12.4. The molecule has 0 amide bonds. The van der Waals surface area contributed by atoms with E-state index in [1.807, 2.05) is 0 Å². The first kappa shape index (κ1) is 12.4. The summed E-state index contributed by atoms with van der Waals surface area (Å²) in [4.78, 5) is 14.1. The van der Waals surface area contributed by atoms with E-state index in [4.69, 9.17) is 4.74 Å². The van der Waals surface area contributed by atoms with Crippen LogP contribution in [0, 0.1) is 17.8 Å². The van der Waals surface area contributed by atoms with Gasteiger partial charge in [0.05, 0.1) is 12.5 Å². The predicted octanol–water partition coefficient (Wildman–Crippen LogP) is 0.871. The maximum atomic E-state index is 11.5. The van der Waals surface area contributed by atoms with Crippen molar-refractivity contribution in [2.75, 3.05) is 39.3 Å². The minimum absolute atomic E-state index is 0.0451. The summed E-state index contributed by atoms with van der Waals surface area (Å²) in [6, 6.07) is 0. The van der Waals surface area contributed by atoms with Crippen molar-refractivity contribution in [2.24, 2.45) is 17.8 Å². The molecule has 4 nitrogen and oxygen atoms in total. The molecule has 0 spiro atoms. The number of carbonyl (C=O) groups excluding carboxylic acids is 1. The van der Waals surface area contributed by atoms with Crippen LogP contribution in [0.1, 0.15) is 25.7 Å². The second kappa shape index (κ2) is 5.57. The average molecular weight is 252 g/mol. The van der Waals surface area contributed by atoms with E-state index in [1.165, 1.54) is 32.6 Å². The molecule has 4 heteroatoms. The molecule has 3 rings (SSSR count).